The number of allylic oxidation sites excluding steroid dienone is 1. The van der Waals surface area contributed by atoms with Crippen molar-refractivity contribution in [2.24, 2.45) is 0 Å². The maximum absolute atomic E-state index is 4.04. The Hall–Kier alpha value is -1.42. The average molecular weight is 278 g/mol. The fourth-order valence-electron chi connectivity index (χ4n) is 1.35. The highest BCUT2D eigenvalue weighted by Gasteiger charge is 1.89. The van der Waals surface area contributed by atoms with E-state index < -0.39 is 0 Å². The maximum Gasteiger partial charge on any atom is 0.137 e. The van der Waals surface area contributed by atoms with Gasteiger partial charge in [0.15, 0.2) is 0 Å². The first-order valence-corrected chi connectivity index (χ1v) is 5.88. The maximum atomic E-state index is 4.04. The molecule has 0 atom stereocenters. The second-order valence-corrected chi connectivity index (χ2v) is 4.32. The minimum atomic E-state index is 0.868. The molecule has 3 nitrogen and oxygen atoms in total. The molecule has 0 spiro atoms. The van der Waals surface area contributed by atoms with Crippen LogP contribution in [0.2, 0.25) is 0 Å². The van der Waals surface area contributed by atoms with Crippen molar-refractivity contribution >= 4 is 22.0 Å². The van der Waals surface area contributed by atoms with Crippen LogP contribution < -0.4 is 0 Å². The predicted octanol–water partition coefficient (Wildman–Crippen LogP) is 3.14. The van der Waals surface area contributed by atoms with Crippen LogP contribution in [0.5, 0.6) is 0 Å². The number of hydrogen-bond acceptors (Lipinski definition) is 2. The molecule has 1 heterocycles. The third-order valence-electron chi connectivity index (χ3n) is 2.17. The standard InChI is InChI=1S/C12H12BrN3/c13-12-6-4-11(5-7-12)3-1-2-8-16-10-14-9-15-16/h1,3-7,9-10H,2,8H2. The first kappa shape index (κ1) is 11.1. The molecule has 1 aromatic heterocycles. The average Bonchev–Trinajstić information content (AvgIpc) is 2.80. The van der Waals surface area contributed by atoms with Crippen LogP contribution in [0.4, 0.5) is 0 Å². The van der Waals surface area contributed by atoms with Crippen LogP contribution in [0.1, 0.15) is 12.0 Å². The zero-order valence-corrected chi connectivity index (χ0v) is 10.3. The number of benzene rings is 1. The molecule has 2 rings (SSSR count). The van der Waals surface area contributed by atoms with Crippen molar-refractivity contribution in [3.05, 3.63) is 53.0 Å². The lowest BCUT2D eigenvalue weighted by Gasteiger charge is -1.96. The van der Waals surface area contributed by atoms with Crippen LogP contribution in [0.3, 0.4) is 0 Å². The minimum absolute atomic E-state index is 0.868. The molecule has 0 aliphatic heterocycles. The Labute approximate surface area is 103 Å². The lowest BCUT2D eigenvalue weighted by Crippen LogP contribution is -1.96. The molecule has 0 N–H and O–H groups in total. The van der Waals surface area contributed by atoms with Gasteiger partial charge >= 0.3 is 0 Å². The highest BCUT2D eigenvalue weighted by molar-refractivity contribution is 9.10. The van der Waals surface area contributed by atoms with Gasteiger partial charge in [0.1, 0.15) is 12.7 Å². The van der Waals surface area contributed by atoms with Gasteiger partial charge in [0.25, 0.3) is 0 Å². The highest BCUT2D eigenvalue weighted by atomic mass is 79.9. The summed E-state index contributed by atoms with van der Waals surface area (Å²) in [6.07, 6.45) is 8.50. The number of aryl methyl sites for hydroxylation is 1. The van der Waals surface area contributed by atoms with Crippen molar-refractivity contribution in [1.29, 1.82) is 0 Å². The Morgan fingerprint density at radius 1 is 1.25 bits per heavy atom. The molecule has 4 heteroatoms. The van der Waals surface area contributed by atoms with Crippen LogP contribution in [0.25, 0.3) is 6.08 Å². The summed E-state index contributed by atoms with van der Waals surface area (Å²) in [7, 11) is 0. The van der Waals surface area contributed by atoms with Gasteiger partial charge in [0.2, 0.25) is 0 Å². The molecule has 0 saturated carbocycles. The van der Waals surface area contributed by atoms with Crippen LogP contribution in [0.15, 0.2) is 47.5 Å². The smallest absolute Gasteiger partial charge is 0.137 e. The summed E-state index contributed by atoms with van der Waals surface area (Å²) in [6.45, 7) is 0.868. The Bertz CT molecular complexity index is 446. The van der Waals surface area contributed by atoms with Crippen molar-refractivity contribution in [1.82, 2.24) is 14.8 Å². The van der Waals surface area contributed by atoms with E-state index in [1.165, 1.54) is 5.56 Å². The first-order valence-electron chi connectivity index (χ1n) is 5.09. The Kier molecular flexibility index (Phi) is 3.88. The summed E-state index contributed by atoms with van der Waals surface area (Å²) in [5.41, 5.74) is 1.21. The third kappa shape index (κ3) is 3.31. The van der Waals surface area contributed by atoms with Gasteiger partial charge in [-0.3, -0.25) is 4.68 Å². The largest absolute Gasteiger partial charge is 0.253 e. The van der Waals surface area contributed by atoms with E-state index in [1.54, 1.807) is 12.7 Å². The molecular formula is C12H12BrN3. The second-order valence-electron chi connectivity index (χ2n) is 3.40. The van der Waals surface area contributed by atoms with Crippen molar-refractivity contribution in [2.75, 3.05) is 0 Å². The summed E-state index contributed by atoms with van der Waals surface area (Å²) >= 11 is 3.41. The van der Waals surface area contributed by atoms with Gasteiger partial charge < -0.3 is 0 Å². The fourth-order valence-corrected chi connectivity index (χ4v) is 1.61. The molecule has 16 heavy (non-hydrogen) atoms. The fraction of sp³-hybridized carbons (Fsp3) is 0.167. The lowest BCUT2D eigenvalue weighted by atomic mass is 10.2. The quantitative estimate of drug-likeness (QED) is 0.860. The number of hydrogen-bond donors (Lipinski definition) is 0. The van der Waals surface area contributed by atoms with E-state index in [0.717, 1.165) is 17.4 Å². The SMILES string of the molecule is Brc1ccc(C=CCCn2cncn2)cc1. The Balaban J connectivity index is 1.83. The molecule has 0 aliphatic rings. The summed E-state index contributed by atoms with van der Waals surface area (Å²) < 4.78 is 2.93. The predicted molar refractivity (Wildman–Crippen MR) is 67.8 cm³/mol. The second kappa shape index (κ2) is 5.61. The third-order valence-corrected chi connectivity index (χ3v) is 2.70. The summed E-state index contributed by atoms with van der Waals surface area (Å²) in [5.74, 6) is 0. The van der Waals surface area contributed by atoms with E-state index in [1.807, 2.05) is 16.8 Å². The van der Waals surface area contributed by atoms with Gasteiger partial charge in [-0.2, -0.15) is 5.10 Å². The highest BCUT2D eigenvalue weighted by Crippen LogP contribution is 2.11. The first-order chi connectivity index (χ1) is 7.84. The molecule has 0 bridgehead atoms. The summed E-state index contributed by atoms with van der Waals surface area (Å²) in [5, 5.41) is 4.04. The van der Waals surface area contributed by atoms with Crippen LogP contribution in [-0.2, 0) is 6.54 Å². The Morgan fingerprint density at radius 3 is 2.75 bits per heavy atom. The van der Waals surface area contributed by atoms with Gasteiger partial charge in [-0.1, -0.05) is 40.2 Å². The van der Waals surface area contributed by atoms with E-state index in [4.69, 9.17) is 0 Å². The van der Waals surface area contributed by atoms with Gasteiger partial charge in [-0.15, -0.1) is 0 Å². The van der Waals surface area contributed by atoms with Gasteiger partial charge in [-0.05, 0) is 24.1 Å². The summed E-state index contributed by atoms with van der Waals surface area (Å²) in [4.78, 5) is 3.89. The molecule has 0 radical (unpaired) electrons. The van der Waals surface area contributed by atoms with Crippen molar-refractivity contribution < 1.29 is 0 Å². The molecular weight excluding hydrogens is 266 g/mol. The zero-order chi connectivity index (χ0) is 11.2. The summed E-state index contributed by atoms with van der Waals surface area (Å²) in [6, 6.07) is 8.24. The van der Waals surface area contributed by atoms with Crippen LogP contribution >= 0.6 is 15.9 Å². The lowest BCUT2D eigenvalue weighted by molar-refractivity contribution is 0.622. The van der Waals surface area contributed by atoms with Gasteiger partial charge in [0, 0.05) is 11.0 Å². The molecule has 1 aromatic carbocycles. The van der Waals surface area contributed by atoms with E-state index in [-0.39, 0.29) is 0 Å². The zero-order valence-electron chi connectivity index (χ0n) is 8.75. The monoisotopic (exact) mass is 277 g/mol. The van der Waals surface area contributed by atoms with Crippen molar-refractivity contribution in [3.63, 3.8) is 0 Å². The van der Waals surface area contributed by atoms with E-state index in [2.05, 4.69) is 50.3 Å². The molecule has 0 saturated heterocycles. The van der Waals surface area contributed by atoms with Gasteiger partial charge in [-0.25, -0.2) is 4.98 Å². The van der Waals surface area contributed by atoms with Crippen LogP contribution in [-0.4, -0.2) is 14.8 Å². The molecule has 0 unspecified atom stereocenters. The molecule has 0 fully saturated rings. The number of rotatable bonds is 4. The minimum Gasteiger partial charge on any atom is -0.253 e. The number of aromatic nitrogens is 3. The normalized spacial score (nSPS) is 11.1. The number of nitrogens with zero attached hydrogens (tertiary/aromatic N) is 3. The molecule has 0 amide bonds. The molecule has 82 valence electrons. The van der Waals surface area contributed by atoms with Crippen molar-refractivity contribution in [2.45, 2.75) is 13.0 Å². The van der Waals surface area contributed by atoms with E-state index in [9.17, 15) is 0 Å². The number of halogens is 1. The van der Waals surface area contributed by atoms with E-state index in [0.29, 0.717) is 0 Å². The van der Waals surface area contributed by atoms with E-state index >= 15 is 0 Å². The Morgan fingerprint density at radius 2 is 2.06 bits per heavy atom. The van der Waals surface area contributed by atoms with Crippen LogP contribution in [0, 0.1) is 0 Å². The molecule has 2 aromatic rings. The molecule has 0 aliphatic carbocycles. The van der Waals surface area contributed by atoms with Gasteiger partial charge in [0.05, 0.1) is 0 Å². The topological polar surface area (TPSA) is 30.7 Å². The van der Waals surface area contributed by atoms with Crippen molar-refractivity contribution in [3.8, 4) is 0 Å².